The van der Waals surface area contributed by atoms with Gasteiger partial charge in [-0.05, 0) is 18.6 Å². The number of rotatable bonds is 3. The molecule has 0 saturated carbocycles. The van der Waals surface area contributed by atoms with Crippen molar-refractivity contribution in [2.24, 2.45) is 0 Å². The largest absolute Gasteiger partial charge is 0.364 e. The van der Waals surface area contributed by atoms with Crippen LogP contribution in [0, 0.1) is 6.92 Å². The number of H-pyrrole nitrogens is 1. The number of anilines is 1. The molecule has 0 bridgehead atoms. The molecule has 4 nitrogen and oxygen atoms in total. The fourth-order valence-corrected chi connectivity index (χ4v) is 1.32. The molecule has 0 aliphatic carbocycles. The van der Waals surface area contributed by atoms with E-state index >= 15 is 0 Å². The fourth-order valence-electron chi connectivity index (χ4n) is 1.21. The SMILES string of the molecule is Cc1cc(NCc2ccc(Cl)nc2)n[nH]1. The summed E-state index contributed by atoms with van der Waals surface area (Å²) in [6.07, 6.45) is 1.74. The zero-order valence-corrected chi connectivity index (χ0v) is 9.04. The quantitative estimate of drug-likeness (QED) is 0.784. The van der Waals surface area contributed by atoms with Crippen molar-refractivity contribution in [3.63, 3.8) is 0 Å². The molecule has 2 rings (SSSR count). The molecular weight excluding hydrogens is 212 g/mol. The van der Waals surface area contributed by atoms with Crippen molar-refractivity contribution < 1.29 is 0 Å². The van der Waals surface area contributed by atoms with Crippen LogP contribution >= 0.6 is 11.6 Å². The maximum atomic E-state index is 5.68. The van der Waals surface area contributed by atoms with E-state index < -0.39 is 0 Å². The summed E-state index contributed by atoms with van der Waals surface area (Å²) in [4.78, 5) is 3.99. The van der Waals surface area contributed by atoms with Crippen LogP contribution < -0.4 is 5.32 Å². The van der Waals surface area contributed by atoms with Gasteiger partial charge in [-0.2, -0.15) is 5.10 Å². The van der Waals surface area contributed by atoms with Crippen LogP contribution in [0.25, 0.3) is 0 Å². The summed E-state index contributed by atoms with van der Waals surface area (Å²) in [5, 5.41) is 10.6. The van der Waals surface area contributed by atoms with Crippen LogP contribution in [0.3, 0.4) is 0 Å². The third kappa shape index (κ3) is 2.70. The lowest BCUT2D eigenvalue weighted by molar-refractivity contribution is 1.02. The van der Waals surface area contributed by atoms with Gasteiger partial charge < -0.3 is 5.32 Å². The van der Waals surface area contributed by atoms with Gasteiger partial charge in [0.25, 0.3) is 0 Å². The second-order valence-corrected chi connectivity index (χ2v) is 3.67. The molecule has 2 aromatic heterocycles. The lowest BCUT2D eigenvalue weighted by Crippen LogP contribution is -1.99. The molecule has 2 aromatic rings. The third-order valence-electron chi connectivity index (χ3n) is 1.97. The summed E-state index contributed by atoms with van der Waals surface area (Å²) >= 11 is 5.68. The lowest BCUT2D eigenvalue weighted by atomic mass is 10.3. The summed E-state index contributed by atoms with van der Waals surface area (Å²) < 4.78 is 0. The number of hydrogen-bond acceptors (Lipinski definition) is 3. The van der Waals surface area contributed by atoms with Gasteiger partial charge in [-0.1, -0.05) is 17.7 Å². The third-order valence-corrected chi connectivity index (χ3v) is 2.19. The zero-order chi connectivity index (χ0) is 10.7. The van der Waals surface area contributed by atoms with Crippen LogP contribution in [0.5, 0.6) is 0 Å². The summed E-state index contributed by atoms with van der Waals surface area (Å²) in [5.74, 6) is 0.836. The number of pyridine rings is 1. The van der Waals surface area contributed by atoms with Crippen molar-refractivity contribution in [1.29, 1.82) is 0 Å². The van der Waals surface area contributed by atoms with E-state index in [-0.39, 0.29) is 0 Å². The first-order valence-corrected chi connectivity index (χ1v) is 4.98. The topological polar surface area (TPSA) is 53.6 Å². The van der Waals surface area contributed by atoms with E-state index in [9.17, 15) is 0 Å². The molecule has 0 aromatic carbocycles. The Balaban J connectivity index is 1.96. The van der Waals surface area contributed by atoms with Crippen molar-refractivity contribution in [1.82, 2.24) is 15.2 Å². The second-order valence-electron chi connectivity index (χ2n) is 3.28. The number of aromatic amines is 1. The molecule has 0 radical (unpaired) electrons. The normalized spacial score (nSPS) is 10.3. The Morgan fingerprint density at radius 2 is 2.33 bits per heavy atom. The van der Waals surface area contributed by atoms with E-state index in [1.54, 1.807) is 12.3 Å². The minimum atomic E-state index is 0.509. The van der Waals surface area contributed by atoms with E-state index in [2.05, 4.69) is 20.5 Å². The Kier molecular flexibility index (Phi) is 2.87. The van der Waals surface area contributed by atoms with Crippen molar-refractivity contribution in [3.8, 4) is 0 Å². The van der Waals surface area contributed by atoms with Gasteiger partial charge in [0, 0.05) is 24.5 Å². The Labute approximate surface area is 92.7 Å². The van der Waals surface area contributed by atoms with E-state index in [0.29, 0.717) is 11.7 Å². The van der Waals surface area contributed by atoms with Crippen LogP contribution in [-0.2, 0) is 6.54 Å². The monoisotopic (exact) mass is 222 g/mol. The minimum Gasteiger partial charge on any atom is -0.364 e. The Bertz CT molecular complexity index is 435. The van der Waals surface area contributed by atoms with Gasteiger partial charge in [0.1, 0.15) is 11.0 Å². The molecule has 2 heterocycles. The van der Waals surface area contributed by atoms with Crippen LogP contribution in [0.15, 0.2) is 24.4 Å². The Morgan fingerprint density at radius 1 is 1.47 bits per heavy atom. The minimum absolute atomic E-state index is 0.509. The highest BCUT2D eigenvalue weighted by Gasteiger charge is 1.97. The van der Waals surface area contributed by atoms with Crippen molar-refractivity contribution in [2.45, 2.75) is 13.5 Å². The highest BCUT2D eigenvalue weighted by atomic mass is 35.5. The van der Waals surface area contributed by atoms with E-state index in [4.69, 9.17) is 11.6 Å². The predicted octanol–water partition coefficient (Wildman–Crippen LogP) is 2.38. The lowest BCUT2D eigenvalue weighted by Gasteiger charge is -2.01. The summed E-state index contributed by atoms with van der Waals surface area (Å²) in [6, 6.07) is 5.65. The average molecular weight is 223 g/mol. The Morgan fingerprint density at radius 3 is 2.93 bits per heavy atom. The highest BCUT2D eigenvalue weighted by Crippen LogP contribution is 2.08. The van der Waals surface area contributed by atoms with Crippen LogP contribution in [0.2, 0.25) is 5.15 Å². The molecule has 0 amide bonds. The first kappa shape index (κ1) is 9.98. The van der Waals surface area contributed by atoms with Gasteiger partial charge >= 0.3 is 0 Å². The van der Waals surface area contributed by atoms with Gasteiger partial charge in [-0.25, -0.2) is 4.98 Å². The molecule has 0 spiro atoms. The van der Waals surface area contributed by atoms with Gasteiger partial charge in [0.15, 0.2) is 0 Å². The van der Waals surface area contributed by atoms with Crippen LogP contribution in [0.1, 0.15) is 11.3 Å². The number of hydrogen-bond donors (Lipinski definition) is 2. The molecule has 0 saturated heterocycles. The number of aryl methyl sites for hydroxylation is 1. The molecular formula is C10H11ClN4. The molecule has 0 aliphatic heterocycles. The highest BCUT2D eigenvalue weighted by molar-refractivity contribution is 6.29. The molecule has 0 aliphatic rings. The van der Waals surface area contributed by atoms with Gasteiger partial charge in [0.05, 0.1) is 0 Å². The first-order valence-electron chi connectivity index (χ1n) is 4.60. The summed E-state index contributed by atoms with van der Waals surface area (Å²) in [5.41, 5.74) is 2.10. The maximum absolute atomic E-state index is 5.68. The molecule has 15 heavy (non-hydrogen) atoms. The molecule has 78 valence electrons. The fraction of sp³-hybridized carbons (Fsp3) is 0.200. The van der Waals surface area contributed by atoms with Gasteiger partial charge in [-0.15, -0.1) is 0 Å². The number of nitrogens with zero attached hydrogens (tertiary/aromatic N) is 2. The van der Waals surface area contributed by atoms with Gasteiger partial charge in [0.2, 0.25) is 0 Å². The number of nitrogens with one attached hydrogen (secondary N) is 2. The predicted molar refractivity (Wildman–Crippen MR) is 59.9 cm³/mol. The smallest absolute Gasteiger partial charge is 0.148 e. The first-order chi connectivity index (χ1) is 7.24. The van der Waals surface area contributed by atoms with Crippen molar-refractivity contribution in [2.75, 3.05) is 5.32 Å². The second kappa shape index (κ2) is 4.31. The summed E-state index contributed by atoms with van der Waals surface area (Å²) in [6.45, 7) is 2.65. The Hall–Kier alpha value is -1.55. The zero-order valence-electron chi connectivity index (χ0n) is 8.29. The van der Waals surface area contributed by atoms with E-state index in [0.717, 1.165) is 17.1 Å². The standard InChI is InChI=1S/C10H11ClN4/c1-7-4-10(15-14-7)13-6-8-2-3-9(11)12-5-8/h2-5H,6H2,1H3,(H2,13,14,15). The molecule has 0 atom stereocenters. The molecule has 0 fully saturated rings. The van der Waals surface area contributed by atoms with Gasteiger partial charge in [-0.3, -0.25) is 5.10 Å². The van der Waals surface area contributed by atoms with Crippen molar-refractivity contribution >= 4 is 17.4 Å². The number of aromatic nitrogens is 3. The maximum Gasteiger partial charge on any atom is 0.148 e. The van der Waals surface area contributed by atoms with E-state index in [1.807, 2.05) is 19.1 Å². The van der Waals surface area contributed by atoms with E-state index in [1.165, 1.54) is 0 Å². The van der Waals surface area contributed by atoms with Crippen LogP contribution in [-0.4, -0.2) is 15.2 Å². The average Bonchev–Trinajstić information content (AvgIpc) is 2.64. The van der Waals surface area contributed by atoms with Crippen LogP contribution in [0.4, 0.5) is 5.82 Å². The number of halogens is 1. The molecule has 5 heteroatoms. The molecule has 2 N–H and O–H groups in total. The summed E-state index contributed by atoms with van der Waals surface area (Å²) in [7, 11) is 0. The van der Waals surface area contributed by atoms with Crippen molar-refractivity contribution in [3.05, 3.63) is 40.8 Å². The molecule has 0 unspecified atom stereocenters.